The fraction of sp³-hybridized carbons (Fsp3) is 0.778. The molecule has 0 aromatic heterocycles. The fourth-order valence-corrected chi connectivity index (χ4v) is 0.925. The van der Waals surface area contributed by atoms with Gasteiger partial charge in [-0.3, -0.25) is 0 Å². The van der Waals surface area contributed by atoms with Crippen molar-refractivity contribution in [2.45, 2.75) is 45.3 Å². The van der Waals surface area contributed by atoms with Crippen molar-refractivity contribution < 1.29 is 9.53 Å². The summed E-state index contributed by atoms with van der Waals surface area (Å²) in [6, 6.07) is 0.305. The van der Waals surface area contributed by atoms with E-state index in [1.54, 1.807) is 0 Å². The van der Waals surface area contributed by atoms with Gasteiger partial charge in [0.05, 0.1) is 0 Å². The van der Waals surface area contributed by atoms with Crippen molar-refractivity contribution in [3.63, 3.8) is 0 Å². The normalized spacial score (nSPS) is 18.2. The Morgan fingerprint density at radius 3 is 2.42 bits per heavy atom. The predicted octanol–water partition coefficient (Wildman–Crippen LogP) is 1.88. The first-order chi connectivity index (χ1) is 5.47. The van der Waals surface area contributed by atoms with Gasteiger partial charge in [-0.15, -0.1) is 0 Å². The van der Waals surface area contributed by atoms with Crippen molar-refractivity contribution in [3.8, 4) is 0 Å². The lowest BCUT2D eigenvalue weighted by Gasteiger charge is -2.28. The molecule has 0 unspecified atom stereocenters. The molecule has 12 heavy (non-hydrogen) atoms. The third kappa shape index (κ3) is 3.11. The van der Waals surface area contributed by atoms with Crippen LogP contribution in [-0.2, 0) is 4.74 Å². The Bertz CT molecular complexity index is 168. The van der Waals surface area contributed by atoms with Crippen LogP contribution in [0, 0.1) is 6.42 Å². The van der Waals surface area contributed by atoms with Gasteiger partial charge in [-0.2, -0.15) is 0 Å². The third-order valence-electron chi connectivity index (χ3n) is 1.62. The fourth-order valence-electron chi connectivity index (χ4n) is 0.925. The van der Waals surface area contributed by atoms with Crippen molar-refractivity contribution in [2.24, 2.45) is 0 Å². The molecule has 0 atom stereocenters. The zero-order valence-electron chi connectivity index (χ0n) is 7.89. The Morgan fingerprint density at radius 1 is 1.50 bits per heavy atom. The average molecular weight is 170 g/mol. The van der Waals surface area contributed by atoms with Crippen LogP contribution >= 0.6 is 0 Å². The number of hydrogen-bond acceptors (Lipinski definition) is 2. The molecule has 1 radical (unpaired) electrons. The highest BCUT2D eigenvalue weighted by atomic mass is 16.6. The van der Waals surface area contributed by atoms with Gasteiger partial charge < -0.3 is 10.1 Å². The van der Waals surface area contributed by atoms with Crippen LogP contribution in [-0.4, -0.2) is 17.7 Å². The first-order valence-corrected chi connectivity index (χ1v) is 4.28. The third-order valence-corrected chi connectivity index (χ3v) is 1.62. The summed E-state index contributed by atoms with van der Waals surface area (Å²) in [5.41, 5.74) is -0.391. The van der Waals surface area contributed by atoms with Gasteiger partial charge in [0.25, 0.3) is 0 Å². The molecule has 3 nitrogen and oxygen atoms in total. The van der Waals surface area contributed by atoms with Gasteiger partial charge in [0, 0.05) is 6.04 Å². The summed E-state index contributed by atoms with van der Waals surface area (Å²) in [5, 5.41) is 2.78. The average Bonchev–Trinajstić information content (AvgIpc) is 1.74. The second-order valence-corrected chi connectivity index (χ2v) is 4.10. The number of carbonyl (C=O) groups is 1. The van der Waals surface area contributed by atoms with E-state index in [0.717, 1.165) is 12.8 Å². The van der Waals surface area contributed by atoms with Crippen LogP contribution in [0.1, 0.15) is 33.6 Å². The molecular weight excluding hydrogens is 154 g/mol. The van der Waals surface area contributed by atoms with Crippen molar-refractivity contribution in [2.75, 3.05) is 0 Å². The SMILES string of the molecule is CC(C)(C)OC(=O)NC1C[CH]C1. The van der Waals surface area contributed by atoms with E-state index in [1.165, 1.54) is 0 Å². The van der Waals surface area contributed by atoms with Gasteiger partial charge in [0.15, 0.2) is 0 Å². The van der Waals surface area contributed by atoms with E-state index in [2.05, 4.69) is 11.7 Å². The molecule has 69 valence electrons. The molecular formula is C9H16NO2. The summed E-state index contributed by atoms with van der Waals surface area (Å²) >= 11 is 0. The molecule has 0 saturated heterocycles. The Hall–Kier alpha value is -0.730. The van der Waals surface area contributed by atoms with Crippen LogP contribution in [0.3, 0.4) is 0 Å². The summed E-state index contributed by atoms with van der Waals surface area (Å²) in [5.74, 6) is 0. The van der Waals surface area contributed by atoms with Crippen molar-refractivity contribution in [1.29, 1.82) is 0 Å². The lowest BCUT2D eigenvalue weighted by atomic mass is 9.93. The number of amides is 1. The molecule has 0 bridgehead atoms. The lowest BCUT2D eigenvalue weighted by Crippen LogP contribution is -2.42. The summed E-state index contributed by atoms with van der Waals surface area (Å²) in [6.45, 7) is 5.58. The van der Waals surface area contributed by atoms with Gasteiger partial charge in [0.2, 0.25) is 0 Å². The zero-order chi connectivity index (χ0) is 9.19. The van der Waals surface area contributed by atoms with Crippen molar-refractivity contribution in [1.82, 2.24) is 5.32 Å². The topological polar surface area (TPSA) is 38.3 Å². The minimum atomic E-state index is -0.391. The summed E-state index contributed by atoms with van der Waals surface area (Å²) in [7, 11) is 0. The minimum Gasteiger partial charge on any atom is -0.444 e. The molecule has 1 aliphatic carbocycles. The van der Waals surface area contributed by atoms with Gasteiger partial charge in [-0.25, -0.2) is 4.79 Å². The number of ether oxygens (including phenoxy) is 1. The Balaban J connectivity index is 2.19. The number of hydrogen-bond donors (Lipinski definition) is 1. The Morgan fingerprint density at radius 2 is 2.08 bits per heavy atom. The van der Waals surface area contributed by atoms with E-state index in [1.807, 2.05) is 20.8 Å². The second kappa shape index (κ2) is 3.33. The Kier molecular flexibility index (Phi) is 2.60. The molecule has 1 fully saturated rings. The smallest absolute Gasteiger partial charge is 0.407 e. The quantitative estimate of drug-likeness (QED) is 0.652. The van der Waals surface area contributed by atoms with Crippen molar-refractivity contribution in [3.05, 3.63) is 6.42 Å². The van der Waals surface area contributed by atoms with E-state index in [0.29, 0.717) is 6.04 Å². The maximum Gasteiger partial charge on any atom is 0.407 e. The molecule has 1 N–H and O–H groups in total. The molecule has 1 saturated carbocycles. The summed E-state index contributed by atoms with van der Waals surface area (Å²) in [6.07, 6.45) is 3.78. The van der Waals surface area contributed by atoms with Crippen LogP contribution < -0.4 is 5.32 Å². The second-order valence-electron chi connectivity index (χ2n) is 4.10. The summed E-state index contributed by atoms with van der Waals surface area (Å²) < 4.78 is 5.08. The predicted molar refractivity (Wildman–Crippen MR) is 46.7 cm³/mol. The number of alkyl carbamates (subject to hydrolysis) is 1. The molecule has 1 rings (SSSR count). The molecule has 0 spiro atoms. The molecule has 1 amide bonds. The highest BCUT2D eigenvalue weighted by Crippen LogP contribution is 2.17. The Labute approximate surface area is 73.5 Å². The van der Waals surface area contributed by atoms with Crippen LogP contribution in [0.25, 0.3) is 0 Å². The summed E-state index contributed by atoms with van der Waals surface area (Å²) in [4.78, 5) is 11.1. The highest BCUT2D eigenvalue weighted by Gasteiger charge is 2.23. The van der Waals surface area contributed by atoms with Crippen LogP contribution in [0.15, 0.2) is 0 Å². The number of nitrogens with one attached hydrogen (secondary N) is 1. The lowest BCUT2D eigenvalue weighted by molar-refractivity contribution is 0.0492. The largest absolute Gasteiger partial charge is 0.444 e. The highest BCUT2D eigenvalue weighted by molar-refractivity contribution is 5.68. The van der Waals surface area contributed by atoms with Crippen LogP contribution in [0.5, 0.6) is 0 Å². The first-order valence-electron chi connectivity index (χ1n) is 4.28. The van der Waals surface area contributed by atoms with Gasteiger partial charge in [0.1, 0.15) is 5.60 Å². The molecule has 0 heterocycles. The van der Waals surface area contributed by atoms with Crippen LogP contribution in [0.2, 0.25) is 0 Å². The number of carbonyl (C=O) groups excluding carboxylic acids is 1. The van der Waals surface area contributed by atoms with E-state index in [-0.39, 0.29) is 6.09 Å². The number of rotatable bonds is 1. The molecule has 0 aromatic rings. The molecule has 3 heteroatoms. The van der Waals surface area contributed by atoms with Crippen molar-refractivity contribution >= 4 is 6.09 Å². The van der Waals surface area contributed by atoms with E-state index in [9.17, 15) is 4.79 Å². The van der Waals surface area contributed by atoms with Gasteiger partial charge in [-0.05, 0) is 40.0 Å². The van der Waals surface area contributed by atoms with E-state index < -0.39 is 5.60 Å². The first kappa shape index (κ1) is 9.36. The monoisotopic (exact) mass is 170 g/mol. The maximum atomic E-state index is 11.1. The molecule has 0 aliphatic heterocycles. The zero-order valence-corrected chi connectivity index (χ0v) is 7.89. The van der Waals surface area contributed by atoms with Crippen LogP contribution in [0.4, 0.5) is 4.79 Å². The molecule has 0 aromatic carbocycles. The standard InChI is InChI=1S/C9H16NO2/c1-9(2,3)12-8(11)10-7-5-4-6-7/h4,7H,5-6H2,1-3H3,(H,10,11). The van der Waals surface area contributed by atoms with E-state index >= 15 is 0 Å². The molecule has 1 aliphatic rings. The van der Waals surface area contributed by atoms with Gasteiger partial charge >= 0.3 is 6.09 Å². The van der Waals surface area contributed by atoms with E-state index in [4.69, 9.17) is 4.74 Å². The van der Waals surface area contributed by atoms with Gasteiger partial charge in [-0.1, -0.05) is 0 Å². The maximum absolute atomic E-state index is 11.1. The minimum absolute atomic E-state index is 0.305.